The number of rotatable bonds is 1. The van der Waals surface area contributed by atoms with Crippen LogP contribution in [0.2, 0.25) is 0 Å². The van der Waals surface area contributed by atoms with Gasteiger partial charge in [0.2, 0.25) is 0 Å². The van der Waals surface area contributed by atoms with Crippen LogP contribution in [0.3, 0.4) is 0 Å². The highest BCUT2D eigenvalue weighted by molar-refractivity contribution is 5.85. The average Bonchev–Trinajstić information content (AvgIpc) is 2.12. The molecule has 1 aromatic carbocycles. The highest BCUT2D eigenvalue weighted by Gasteiger charge is 2.74. The minimum atomic E-state index is -6.19. The van der Waals surface area contributed by atoms with Gasteiger partial charge < -0.3 is 11.5 Å². The fourth-order valence-electron chi connectivity index (χ4n) is 1.36. The van der Waals surface area contributed by atoms with Crippen LogP contribution in [0.1, 0.15) is 5.56 Å². The molecule has 4 N–H and O–H groups in total. The fourth-order valence-corrected chi connectivity index (χ4v) is 1.36. The number of anilines is 2. The third-order valence-electron chi connectivity index (χ3n) is 2.23. The second-order valence-electron chi connectivity index (χ2n) is 3.50. The molecule has 118 valence electrons. The normalized spacial score (nSPS) is 12.3. The number of alkyl halides is 7. The van der Waals surface area contributed by atoms with Gasteiger partial charge in [-0.3, -0.25) is 0 Å². The van der Waals surface area contributed by atoms with Gasteiger partial charge >= 0.3 is 18.0 Å². The maximum Gasteiger partial charge on any atom is 0.436 e. The average molecular weight is 349 g/mol. The van der Waals surface area contributed by atoms with E-state index in [0.29, 0.717) is 12.1 Å². The molecule has 0 aliphatic rings. The van der Waals surface area contributed by atoms with Gasteiger partial charge in [0.25, 0.3) is 0 Å². The Kier molecular flexibility index (Phi) is 6.50. The molecule has 0 aliphatic carbocycles. The maximum atomic E-state index is 13.6. The third kappa shape index (κ3) is 3.32. The van der Waals surface area contributed by atoms with E-state index in [0.717, 1.165) is 0 Å². The maximum absolute atomic E-state index is 13.6. The van der Waals surface area contributed by atoms with Crippen LogP contribution in [0.4, 0.5) is 42.1 Å². The Morgan fingerprint density at radius 3 is 1.45 bits per heavy atom. The summed E-state index contributed by atoms with van der Waals surface area (Å²) in [6.07, 6.45) is -12.4. The quantitative estimate of drug-likeness (QED) is 0.595. The van der Waals surface area contributed by atoms with Gasteiger partial charge in [-0.05, 0) is 12.1 Å². The van der Waals surface area contributed by atoms with E-state index >= 15 is 0 Å². The molecule has 0 saturated heterocycles. The zero-order chi connectivity index (χ0) is 14.4. The van der Waals surface area contributed by atoms with E-state index in [1.54, 1.807) is 0 Å². The molecule has 11 heteroatoms. The smallest absolute Gasteiger partial charge is 0.399 e. The minimum absolute atomic E-state index is 0. The van der Waals surface area contributed by atoms with Crippen LogP contribution < -0.4 is 11.5 Å². The second kappa shape index (κ2) is 6.13. The Hall–Kier alpha value is -1.09. The molecule has 0 saturated carbocycles. The van der Waals surface area contributed by atoms with Gasteiger partial charge in [0.15, 0.2) is 0 Å². The summed E-state index contributed by atoms with van der Waals surface area (Å²) in [4.78, 5) is 0. The molecule has 0 heterocycles. The molecule has 0 unspecified atom stereocenters. The fraction of sp³-hybridized carbons (Fsp3) is 0.333. The van der Waals surface area contributed by atoms with Gasteiger partial charge in [0.1, 0.15) is 0 Å². The first-order chi connectivity index (χ1) is 7.91. The van der Waals surface area contributed by atoms with E-state index in [4.69, 9.17) is 11.5 Å². The molecule has 0 amide bonds. The largest absolute Gasteiger partial charge is 0.436 e. The lowest BCUT2D eigenvalue weighted by molar-refractivity contribution is -0.348. The Morgan fingerprint density at radius 2 is 1.15 bits per heavy atom. The summed E-state index contributed by atoms with van der Waals surface area (Å²) >= 11 is 0. The molecule has 0 aromatic heterocycles. The van der Waals surface area contributed by atoms with E-state index in [-0.39, 0.29) is 36.6 Å². The number of nitrogen functional groups attached to an aromatic ring is 2. The Labute approximate surface area is 121 Å². The monoisotopic (exact) mass is 348 g/mol. The van der Waals surface area contributed by atoms with Crippen molar-refractivity contribution in [1.29, 1.82) is 0 Å². The molecule has 0 fully saturated rings. The van der Waals surface area contributed by atoms with Crippen LogP contribution in [0, 0.1) is 0 Å². The number of nitrogens with two attached hydrogens (primary N) is 2. The predicted molar refractivity (Wildman–Crippen MR) is 64.7 cm³/mol. The van der Waals surface area contributed by atoms with Crippen LogP contribution in [0.15, 0.2) is 18.2 Å². The lowest BCUT2D eigenvalue weighted by Gasteiger charge is -2.31. The summed E-state index contributed by atoms with van der Waals surface area (Å²) in [6.45, 7) is 0. The van der Waals surface area contributed by atoms with Crippen molar-refractivity contribution in [1.82, 2.24) is 0 Å². The molecule has 0 spiro atoms. The molecule has 0 aliphatic heterocycles. The first-order valence-corrected chi connectivity index (χ1v) is 4.39. The van der Waals surface area contributed by atoms with Crippen molar-refractivity contribution < 1.29 is 30.7 Å². The van der Waals surface area contributed by atoms with Crippen molar-refractivity contribution in [3.8, 4) is 0 Å². The summed E-state index contributed by atoms with van der Waals surface area (Å²) in [7, 11) is 0. The Balaban J connectivity index is 0. The van der Waals surface area contributed by atoms with Gasteiger partial charge in [-0.1, -0.05) is 6.07 Å². The van der Waals surface area contributed by atoms with E-state index in [9.17, 15) is 30.7 Å². The first-order valence-electron chi connectivity index (χ1n) is 4.39. The molecule has 0 bridgehead atoms. The predicted octanol–water partition coefficient (Wildman–Crippen LogP) is 3.98. The number of halogens is 9. The molecule has 2 nitrogen and oxygen atoms in total. The van der Waals surface area contributed by atoms with Crippen LogP contribution in [-0.2, 0) is 5.67 Å². The first kappa shape index (κ1) is 21.2. The van der Waals surface area contributed by atoms with E-state index in [2.05, 4.69) is 0 Å². The van der Waals surface area contributed by atoms with E-state index in [1.807, 2.05) is 0 Å². The zero-order valence-electron chi connectivity index (χ0n) is 9.35. The molecule has 1 rings (SSSR count). The lowest BCUT2D eigenvalue weighted by atomic mass is 9.92. The molecular formula is C9H9Cl2F7N2. The van der Waals surface area contributed by atoms with Crippen molar-refractivity contribution in [3.63, 3.8) is 0 Å². The van der Waals surface area contributed by atoms with E-state index in [1.165, 1.54) is 0 Å². The molecular weight excluding hydrogens is 340 g/mol. The van der Waals surface area contributed by atoms with Gasteiger partial charge in [-0.25, -0.2) is 4.39 Å². The molecule has 0 radical (unpaired) electrons. The van der Waals surface area contributed by atoms with E-state index < -0.39 is 29.3 Å². The Morgan fingerprint density at radius 1 is 0.750 bits per heavy atom. The van der Waals surface area contributed by atoms with Crippen molar-refractivity contribution in [2.45, 2.75) is 18.0 Å². The summed E-state index contributed by atoms with van der Waals surface area (Å²) in [5.41, 5.74) is 1.65. The lowest BCUT2D eigenvalue weighted by Crippen LogP contribution is -2.50. The standard InChI is InChI=1S/C9H7F7N2.2ClH/c10-7(8(11,12)13,9(14,15)16)5-2-1-4(17)3-6(5)18;;/h1-3H,17-18H2;2*1H. The zero-order valence-corrected chi connectivity index (χ0v) is 11.0. The van der Waals surface area contributed by atoms with Crippen molar-refractivity contribution in [3.05, 3.63) is 23.8 Å². The van der Waals surface area contributed by atoms with Gasteiger partial charge in [-0.2, -0.15) is 26.3 Å². The highest BCUT2D eigenvalue weighted by Crippen LogP contribution is 2.54. The summed E-state index contributed by atoms with van der Waals surface area (Å²) in [5.74, 6) is 0. The molecule has 1 aromatic rings. The van der Waals surface area contributed by atoms with Crippen molar-refractivity contribution in [2.24, 2.45) is 0 Å². The number of hydrogen-bond donors (Lipinski definition) is 2. The van der Waals surface area contributed by atoms with Crippen LogP contribution in [0.5, 0.6) is 0 Å². The van der Waals surface area contributed by atoms with Crippen LogP contribution in [-0.4, -0.2) is 12.4 Å². The van der Waals surface area contributed by atoms with Crippen LogP contribution >= 0.6 is 24.8 Å². The minimum Gasteiger partial charge on any atom is -0.399 e. The third-order valence-corrected chi connectivity index (χ3v) is 2.23. The van der Waals surface area contributed by atoms with Crippen molar-refractivity contribution >= 4 is 36.2 Å². The van der Waals surface area contributed by atoms with Gasteiger partial charge in [0, 0.05) is 16.9 Å². The number of hydrogen-bond acceptors (Lipinski definition) is 2. The van der Waals surface area contributed by atoms with Crippen LogP contribution in [0.25, 0.3) is 0 Å². The highest BCUT2D eigenvalue weighted by atomic mass is 35.5. The number of benzene rings is 1. The summed E-state index contributed by atoms with van der Waals surface area (Å²) in [6, 6.07) is 1.60. The second-order valence-corrected chi connectivity index (χ2v) is 3.50. The Bertz CT molecular complexity index is 445. The van der Waals surface area contributed by atoms with Crippen molar-refractivity contribution in [2.75, 3.05) is 11.5 Å². The van der Waals surface area contributed by atoms with Gasteiger partial charge in [0.05, 0.1) is 0 Å². The summed E-state index contributed by atoms with van der Waals surface area (Å²) in [5, 5.41) is 0. The molecule has 0 atom stereocenters. The summed E-state index contributed by atoms with van der Waals surface area (Å²) < 4.78 is 87.9. The molecule has 20 heavy (non-hydrogen) atoms. The topological polar surface area (TPSA) is 52.0 Å². The SMILES string of the molecule is Cl.Cl.Nc1ccc(C(F)(C(F)(F)F)C(F)(F)F)c(N)c1. The van der Waals surface area contributed by atoms with Gasteiger partial charge in [-0.15, -0.1) is 24.8 Å².